The van der Waals surface area contributed by atoms with E-state index in [0.29, 0.717) is 5.56 Å². The summed E-state index contributed by atoms with van der Waals surface area (Å²) < 4.78 is 1.98. The Hall–Kier alpha value is -3.38. The molecule has 0 atom stereocenters. The molecule has 3 aromatic heterocycles. The number of carbonyl (C=O) groups is 1. The Balaban J connectivity index is 1.50. The van der Waals surface area contributed by atoms with Gasteiger partial charge in [0.05, 0.1) is 11.4 Å². The van der Waals surface area contributed by atoms with Gasteiger partial charge in [0.2, 0.25) is 0 Å². The molecule has 0 aliphatic rings. The van der Waals surface area contributed by atoms with Crippen LogP contribution in [-0.2, 0) is 0 Å². The van der Waals surface area contributed by atoms with Gasteiger partial charge in [-0.25, -0.2) is 4.98 Å². The first-order valence-corrected chi connectivity index (χ1v) is 9.06. The van der Waals surface area contributed by atoms with E-state index in [1.54, 1.807) is 11.3 Å². The number of anilines is 1. The predicted molar refractivity (Wildman–Crippen MR) is 105 cm³/mol. The molecular weight excluding hydrogens is 344 g/mol. The van der Waals surface area contributed by atoms with Crippen LogP contribution in [0.15, 0.2) is 72.5 Å². The maximum atomic E-state index is 12.7. The van der Waals surface area contributed by atoms with Gasteiger partial charge in [0.25, 0.3) is 5.91 Å². The van der Waals surface area contributed by atoms with Gasteiger partial charge in [0.15, 0.2) is 4.96 Å². The van der Waals surface area contributed by atoms with Crippen LogP contribution in [0.5, 0.6) is 0 Å². The average Bonchev–Trinajstić information content (AvgIpc) is 3.37. The van der Waals surface area contributed by atoms with Crippen molar-refractivity contribution in [2.75, 3.05) is 5.32 Å². The van der Waals surface area contributed by atoms with Crippen LogP contribution in [0.1, 0.15) is 10.4 Å². The molecule has 0 saturated carbocycles. The lowest BCUT2D eigenvalue weighted by molar-refractivity contribution is 0.102. The predicted octanol–water partition coefficient (Wildman–Crippen LogP) is 4.80. The quantitative estimate of drug-likeness (QED) is 0.487. The number of aromatic amines is 1. The van der Waals surface area contributed by atoms with Gasteiger partial charge in [-0.15, -0.1) is 11.3 Å². The molecular formula is C20H14N4OS. The number of rotatable bonds is 3. The van der Waals surface area contributed by atoms with Crippen molar-refractivity contribution in [3.63, 3.8) is 0 Å². The average molecular weight is 358 g/mol. The molecule has 0 spiro atoms. The van der Waals surface area contributed by atoms with Gasteiger partial charge in [0, 0.05) is 46.0 Å². The summed E-state index contributed by atoms with van der Waals surface area (Å²) in [5.74, 6) is -0.137. The lowest BCUT2D eigenvalue weighted by atomic mass is 10.1. The molecule has 0 aliphatic carbocycles. The summed E-state index contributed by atoms with van der Waals surface area (Å²) in [6, 6.07) is 15.3. The molecule has 2 N–H and O–H groups in total. The van der Waals surface area contributed by atoms with Crippen molar-refractivity contribution in [3.8, 4) is 11.3 Å². The molecule has 26 heavy (non-hydrogen) atoms. The van der Waals surface area contributed by atoms with Gasteiger partial charge in [-0.05, 0) is 30.3 Å². The Labute approximate surface area is 152 Å². The van der Waals surface area contributed by atoms with E-state index in [9.17, 15) is 4.79 Å². The molecule has 0 unspecified atom stereocenters. The number of imidazole rings is 1. The lowest BCUT2D eigenvalue weighted by Crippen LogP contribution is -2.12. The molecule has 6 heteroatoms. The summed E-state index contributed by atoms with van der Waals surface area (Å²) in [4.78, 5) is 21.4. The Morgan fingerprint density at radius 1 is 1.15 bits per heavy atom. The zero-order chi connectivity index (χ0) is 17.5. The van der Waals surface area contributed by atoms with Crippen molar-refractivity contribution < 1.29 is 4.79 Å². The molecule has 5 rings (SSSR count). The largest absolute Gasteiger partial charge is 0.361 e. The first kappa shape index (κ1) is 14.9. The van der Waals surface area contributed by atoms with Crippen LogP contribution in [-0.4, -0.2) is 20.3 Å². The lowest BCUT2D eigenvalue weighted by Gasteiger charge is -2.09. The minimum atomic E-state index is -0.137. The fraction of sp³-hybridized carbons (Fsp3) is 0. The highest BCUT2D eigenvalue weighted by Crippen LogP contribution is 2.29. The highest BCUT2D eigenvalue weighted by molar-refractivity contribution is 7.15. The summed E-state index contributed by atoms with van der Waals surface area (Å²) in [5.41, 5.74) is 4.13. The fourth-order valence-electron chi connectivity index (χ4n) is 3.06. The summed E-state index contributed by atoms with van der Waals surface area (Å²) in [5, 5.41) is 6.03. The van der Waals surface area contributed by atoms with Gasteiger partial charge in [-0.2, -0.15) is 0 Å². The van der Waals surface area contributed by atoms with E-state index in [1.807, 2.05) is 76.9 Å². The number of amides is 1. The number of nitrogens with one attached hydrogen (secondary N) is 2. The molecule has 0 saturated heterocycles. The topological polar surface area (TPSA) is 62.2 Å². The number of nitrogens with zero attached hydrogens (tertiary/aromatic N) is 2. The van der Waals surface area contributed by atoms with E-state index in [2.05, 4.69) is 15.3 Å². The number of fused-ring (bicyclic) bond motifs is 2. The Bertz CT molecular complexity index is 1220. The Morgan fingerprint density at radius 3 is 3.00 bits per heavy atom. The van der Waals surface area contributed by atoms with Gasteiger partial charge in [0.1, 0.15) is 0 Å². The van der Waals surface area contributed by atoms with Gasteiger partial charge in [-0.3, -0.25) is 9.20 Å². The monoisotopic (exact) mass is 358 g/mol. The third kappa shape index (κ3) is 2.48. The third-order valence-corrected chi connectivity index (χ3v) is 5.13. The van der Waals surface area contributed by atoms with E-state index < -0.39 is 0 Å². The minimum Gasteiger partial charge on any atom is -0.361 e. The summed E-state index contributed by atoms with van der Waals surface area (Å²) in [6.45, 7) is 0. The SMILES string of the molecule is O=C(Nc1ccccc1-c1cn2ccsc2n1)c1ccc2[nH]ccc2c1. The first-order valence-electron chi connectivity index (χ1n) is 8.18. The Kier molecular flexibility index (Phi) is 3.36. The number of aromatic nitrogens is 3. The van der Waals surface area contributed by atoms with Crippen molar-refractivity contribution in [2.24, 2.45) is 0 Å². The number of benzene rings is 2. The highest BCUT2D eigenvalue weighted by Gasteiger charge is 2.13. The van der Waals surface area contributed by atoms with E-state index in [1.165, 1.54) is 0 Å². The van der Waals surface area contributed by atoms with E-state index in [-0.39, 0.29) is 5.91 Å². The second kappa shape index (κ2) is 5.86. The minimum absolute atomic E-state index is 0.137. The van der Waals surface area contributed by atoms with Crippen molar-refractivity contribution in [1.29, 1.82) is 0 Å². The first-order chi connectivity index (χ1) is 12.8. The van der Waals surface area contributed by atoms with E-state index in [4.69, 9.17) is 0 Å². The molecule has 1 amide bonds. The number of para-hydroxylation sites is 1. The van der Waals surface area contributed by atoms with Gasteiger partial charge < -0.3 is 10.3 Å². The van der Waals surface area contributed by atoms with Crippen LogP contribution in [0.25, 0.3) is 27.1 Å². The number of hydrogen-bond acceptors (Lipinski definition) is 3. The Morgan fingerprint density at radius 2 is 2.08 bits per heavy atom. The normalized spacial score (nSPS) is 11.2. The van der Waals surface area contributed by atoms with Crippen LogP contribution in [0, 0.1) is 0 Å². The van der Waals surface area contributed by atoms with E-state index >= 15 is 0 Å². The maximum absolute atomic E-state index is 12.7. The number of hydrogen-bond donors (Lipinski definition) is 2. The molecule has 0 fully saturated rings. The van der Waals surface area contributed by atoms with Gasteiger partial charge in [-0.1, -0.05) is 18.2 Å². The molecule has 0 bridgehead atoms. The molecule has 3 heterocycles. The molecule has 0 radical (unpaired) electrons. The van der Waals surface area contributed by atoms with Gasteiger partial charge >= 0.3 is 0 Å². The summed E-state index contributed by atoms with van der Waals surface area (Å²) >= 11 is 1.58. The smallest absolute Gasteiger partial charge is 0.255 e. The molecule has 5 nitrogen and oxygen atoms in total. The van der Waals surface area contributed by atoms with Crippen LogP contribution >= 0.6 is 11.3 Å². The molecule has 126 valence electrons. The van der Waals surface area contributed by atoms with Crippen LogP contribution in [0.4, 0.5) is 5.69 Å². The van der Waals surface area contributed by atoms with Crippen LogP contribution in [0.2, 0.25) is 0 Å². The number of carbonyl (C=O) groups excluding carboxylic acids is 1. The maximum Gasteiger partial charge on any atom is 0.255 e. The van der Waals surface area contributed by atoms with Crippen LogP contribution in [0.3, 0.4) is 0 Å². The van der Waals surface area contributed by atoms with Crippen molar-refractivity contribution in [2.45, 2.75) is 0 Å². The molecule has 0 aliphatic heterocycles. The number of H-pyrrole nitrogens is 1. The standard InChI is InChI=1S/C20H14N4OS/c25-19(14-5-6-16-13(11-14)7-8-21-16)22-17-4-2-1-3-15(17)18-12-24-9-10-26-20(24)23-18/h1-12,21H,(H,22,25). The van der Waals surface area contributed by atoms with Crippen molar-refractivity contribution >= 4 is 38.8 Å². The molecule has 5 aromatic rings. The summed E-state index contributed by atoms with van der Waals surface area (Å²) in [7, 11) is 0. The summed E-state index contributed by atoms with van der Waals surface area (Å²) in [6.07, 6.45) is 5.82. The van der Waals surface area contributed by atoms with Crippen molar-refractivity contribution in [3.05, 3.63) is 78.1 Å². The second-order valence-electron chi connectivity index (χ2n) is 6.00. The fourth-order valence-corrected chi connectivity index (χ4v) is 3.76. The highest BCUT2D eigenvalue weighted by atomic mass is 32.1. The molecule has 2 aromatic carbocycles. The van der Waals surface area contributed by atoms with Crippen LogP contribution < -0.4 is 5.32 Å². The van der Waals surface area contributed by atoms with E-state index in [0.717, 1.165) is 32.8 Å². The zero-order valence-electron chi connectivity index (χ0n) is 13.6. The zero-order valence-corrected chi connectivity index (χ0v) is 14.5. The van der Waals surface area contributed by atoms with Crippen molar-refractivity contribution in [1.82, 2.24) is 14.4 Å². The number of thiazole rings is 1. The third-order valence-electron chi connectivity index (χ3n) is 4.36. The second-order valence-corrected chi connectivity index (χ2v) is 6.87.